The van der Waals surface area contributed by atoms with Crippen molar-refractivity contribution in [2.75, 3.05) is 25.1 Å². The Hall–Kier alpha value is -2.81. The van der Waals surface area contributed by atoms with E-state index < -0.39 is 5.97 Å². The summed E-state index contributed by atoms with van der Waals surface area (Å²) in [6.07, 6.45) is 6.23. The Labute approximate surface area is 153 Å². The van der Waals surface area contributed by atoms with E-state index in [0.717, 1.165) is 35.8 Å². The topological polar surface area (TPSA) is 86.0 Å². The van der Waals surface area contributed by atoms with Gasteiger partial charge in [-0.05, 0) is 24.3 Å². The van der Waals surface area contributed by atoms with Gasteiger partial charge in [0.25, 0.3) is 0 Å². The highest BCUT2D eigenvalue weighted by Gasteiger charge is 2.45. The molecule has 2 fully saturated rings. The number of aromatic nitrogens is 5. The second kappa shape index (κ2) is 5.87. The quantitative estimate of drug-likeness (QED) is 0.651. The summed E-state index contributed by atoms with van der Waals surface area (Å²) in [5.41, 5.74) is 2.36. The molecule has 132 valence electrons. The fourth-order valence-electron chi connectivity index (χ4n) is 3.43. The number of piperidine rings is 1. The van der Waals surface area contributed by atoms with Gasteiger partial charge in [-0.25, -0.2) is 14.5 Å². The Kier molecular flexibility index (Phi) is 3.49. The summed E-state index contributed by atoms with van der Waals surface area (Å²) in [5.74, 6) is 1.29. The maximum absolute atomic E-state index is 11.9. The van der Waals surface area contributed by atoms with Gasteiger partial charge in [0, 0.05) is 24.7 Å². The maximum atomic E-state index is 11.9. The van der Waals surface area contributed by atoms with E-state index in [1.165, 1.54) is 18.2 Å². The first kappa shape index (κ1) is 15.4. The molecule has 4 heterocycles. The molecule has 0 amide bonds. The van der Waals surface area contributed by atoms with Gasteiger partial charge in [-0.15, -0.1) is 16.4 Å². The first-order chi connectivity index (χ1) is 12.7. The van der Waals surface area contributed by atoms with Crippen molar-refractivity contribution in [2.24, 2.45) is 11.8 Å². The fourth-order valence-corrected chi connectivity index (χ4v) is 4.27. The minimum absolute atomic E-state index is 0.384. The van der Waals surface area contributed by atoms with Crippen LogP contribution in [0, 0.1) is 11.8 Å². The first-order valence-corrected chi connectivity index (χ1v) is 9.27. The van der Waals surface area contributed by atoms with Crippen LogP contribution in [0.2, 0.25) is 0 Å². The van der Waals surface area contributed by atoms with Crippen LogP contribution in [0.4, 0.5) is 5.13 Å². The molecule has 5 rings (SSSR count). The summed E-state index contributed by atoms with van der Waals surface area (Å²) in [6, 6.07) is 1.60. The van der Waals surface area contributed by atoms with E-state index >= 15 is 0 Å². The Morgan fingerprint density at radius 1 is 1.31 bits per heavy atom. The molecule has 3 aromatic rings. The van der Waals surface area contributed by atoms with E-state index in [9.17, 15) is 4.79 Å². The lowest BCUT2D eigenvalue weighted by molar-refractivity contribution is 0.0600. The maximum Gasteiger partial charge on any atom is 0.340 e. The first-order valence-electron chi connectivity index (χ1n) is 8.39. The lowest BCUT2D eigenvalue weighted by Gasteiger charge is -2.15. The fraction of sp³-hybridized carbons (Fsp3) is 0.353. The van der Waals surface area contributed by atoms with Crippen molar-refractivity contribution in [3.63, 3.8) is 0 Å². The van der Waals surface area contributed by atoms with E-state index in [0.29, 0.717) is 16.9 Å². The average Bonchev–Trinajstić information content (AvgIpc) is 3.14. The van der Waals surface area contributed by atoms with Crippen LogP contribution >= 0.6 is 11.3 Å². The van der Waals surface area contributed by atoms with Crippen LogP contribution in [-0.2, 0) is 4.74 Å². The zero-order valence-electron chi connectivity index (χ0n) is 14.1. The summed E-state index contributed by atoms with van der Waals surface area (Å²) in [5, 5.41) is 11.4. The number of hydrogen-bond donors (Lipinski definition) is 0. The number of methoxy groups -OCH3 is 1. The number of fused-ring (bicyclic) bond motifs is 1. The smallest absolute Gasteiger partial charge is 0.340 e. The zero-order valence-corrected chi connectivity index (χ0v) is 14.9. The molecule has 1 aliphatic heterocycles. The molecule has 8 nitrogen and oxygen atoms in total. The molecule has 2 aliphatic rings. The molecule has 1 saturated carbocycles. The predicted octanol–water partition coefficient (Wildman–Crippen LogP) is 2.03. The Balaban J connectivity index is 1.42. The van der Waals surface area contributed by atoms with Gasteiger partial charge in [0.1, 0.15) is 11.4 Å². The molecule has 26 heavy (non-hydrogen) atoms. The summed E-state index contributed by atoms with van der Waals surface area (Å²) in [4.78, 5) is 23.1. The van der Waals surface area contributed by atoms with Gasteiger partial charge in [-0.1, -0.05) is 5.21 Å². The van der Waals surface area contributed by atoms with E-state index in [4.69, 9.17) is 9.72 Å². The van der Waals surface area contributed by atoms with Gasteiger partial charge < -0.3 is 9.64 Å². The molecule has 1 aliphatic carbocycles. The van der Waals surface area contributed by atoms with Crippen molar-refractivity contribution in [1.29, 1.82) is 0 Å². The van der Waals surface area contributed by atoms with Crippen molar-refractivity contribution < 1.29 is 9.53 Å². The van der Waals surface area contributed by atoms with Gasteiger partial charge in [0.2, 0.25) is 0 Å². The molecule has 9 heteroatoms. The summed E-state index contributed by atoms with van der Waals surface area (Å²) >= 11 is 1.63. The third-order valence-electron chi connectivity index (χ3n) is 4.95. The number of hydrogen-bond acceptors (Lipinski definition) is 8. The molecule has 0 aromatic carbocycles. The number of carbonyl (C=O) groups excluding carboxylic acids is 1. The lowest BCUT2D eigenvalue weighted by Crippen LogP contribution is -2.21. The number of ether oxygens (including phenoxy) is 1. The largest absolute Gasteiger partial charge is 0.465 e. The van der Waals surface area contributed by atoms with E-state index in [-0.39, 0.29) is 0 Å². The zero-order chi connectivity index (χ0) is 17.7. The van der Waals surface area contributed by atoms with Crippen molar-refractivity contribution in [1.82, 2.24) is 25.0 Å². The van der Waals surface area contributed by atoms with Gasteiger partial charge in [0.15, 0.2) is 5.13 Å². The third kappa shape index (κ3) is 2.55. The summed E-state index contributed by atoms with van der Waals surface area (Å²) < 4.78 is 6.34. The number of thiazole rings is 1. The number of rotatable bonds is 4. The molecule has 0 bridgehead atoms. The SMILES string of the molecule is COC(=O)c1ccncc1-n1cc(-c2csc(N3CC4CC4C3)n2)nn1. The number of anilines is 1. The van der Waals surface area contributed by atoms with Crippen LogP contribution < -0.4 is 4.90 Å². The Bertz CT molecular complexity index is 973. The van der Waals surface area contributed by atoms with Crippen molar-refractivity contribution >= 4 is 22.4 Å². The molecular weight excluding hydrogens is 352 g/mol. The molecule has 1 saturated heterocycles. The molecule has 0 N–H and O–H groups in total. The molecule has 0 radical (unpaired) electrons. The Morgan fingerprint density at radius 3 is 2.96 bits per heavy atom. The van der Waals surface area contributed by atoms with Crippen molar-refractivity contribution in [3.05, 3.63) is 35.6 Å². The highest BCUT2D eigenvalue weighted by Crippen LogP contribution is 2.46. The molecule has 2 atom stereocenters. The third-order valence-corrected chi connectivity index (χ3v) is 5.85. The number of carbonyl (C=O) groups is 1. The van der Waals surface area contributed by atoms with Crippen LogP contribution in [0.25, 0.3) is 17.1 Å². The van der Waals surface area contributed by atoms with Gasteiger partial charge in [-0.2, -0.15) is 0 Å². The van der Waals surface area contributed by atoms with Crippen molar-refractivity contribution in [3.8, 4) is 17.1 Å². The highest BCUT2D eigenvalue weighted by atomic mass is 32.1. The van der Waals surface area contributed by atoms with Crippen LogP contribution in [0.5, 0.6) is 0 Å². The van der Waals surface area contributed by atoms with Gasteiger partial charge >= 0.3 is 5.97 Å². The Morgan fingerprint density at radius 2 is 2.15 bits per heavy atom. The average molecular weight is 368 g/mol. The minimum atomic E-state index is -0.442. The molecule has 3 aromatic heterocycles. The number of pyridine rings is 1. The van der Waals surface area contributed by atoms with Gasteiger partial charge in [-0.3, -0.25) is 4.98 Å². The highest BCUT2D eigenvalue weighted by molar-refractivity contribution is 7.14. The minimum Gasteiger partial charge on any atom is -0.465 e. The van der Waals surface area contributed by atoms with Crippen molar-refractivity contribution in [2.45, 2.75) is 6.42 Å². The van der Waals surface area contributed by atoms with Crippen LogP contribution in [0.3, 0.4) is 0 Å². The van der Waals surface area contributed by atoms with Crippen LogP contribution in [-0.4, -0.2) is 51.1 Å². The molecule has 2 unspecified atom stereocenters. The van der Waals surface area contributed by atoms with E-state index in [2.05, 4.69) is 20.2 Å². The molecule has 0 spiro atoms. The standard InChI is InChI=1S/C17H16N6O2S/c1-25-16(24)12-2-3-18-5-15(12)23-8-13(20-21-23)14-9-26-17(19-14)22-6-10-4-11(10)7-22/h2-3,5,8-11H,4,6-7H2,1H3. The summed E-state index contributed by atoms with van der Waals surface area (Å²) in [6.45, 7) is 2.23. The summed E-state index contributed by atoms with van der Waals surface area (Å²) in [7, 11) is 1.35. The second-order valence-corrected chi connectivity index (χ2v) is 7.45. The van der Waals surface area contributed by atoms with E-state index in [1.54, 1.807) is 36.0 Å². The predicted molar refractivity (Wildman–Crippen MR) is 95.4 cm³/mol. The number of esters is 1. The molecular formula is C17H16N6O2S. The van der Waals surface area contributed by atoms with E-state index in [1.807, 2.05) is 5.38 Å². The lowest BCUT2D eigenvalue weighted by atomic mass is 10.2. The normalized spacial score (nSPS) is 20.9. The monoisotopic (exact) mass is 368 g/mol. The van der Waals surface area contributed by atoms with Crippen LogP contribution in [0.15, 0.2) is 30.0 Å². The van der Waals surface area contributed by atoms with Gasteiger partial charge in [0.05, 0.1) is 30.8 Å². The van der Waals surface area contributed by atoms with Crippen LogP contribution in [0.1, 0.15) is 16.8 Å². The second-order valence-electron chi connectivity index (χ2n) is 6.61. The number of nitrogens with zero attached hydrogens (tertiary/aromatic N) is 6.